The molecule has 12 aromatic rings. The molecule has 115 heavy (non-hydrogen) atoms. The number of methoxy groups -OCH3 is 8. The van der Waals surface area contributed by atoms with Crippen LogP contribution in [0.25, 0.3) is 43.6 Å². The van der Waals surface area contributed by atoms with Crippen LogP contribution in [0.15, 0.2) is 213 Å². The van der Waals surface area contributed by atoms with Crippen LogP contribution in [0.1, 0.15) is 141 Å². The van der Waals surface area contributed by atoms with Crippen LogP contribution in [0, 0.1) is 0 Å². The van der Waals surface area contributed by atoms with Crippen LogP contribution in [0.4, 0.5) is 0 Å². The molecule has 0 saturated carbocycles. The van der Waals surface area contributed by atoms with Crippen molar-refractivity contribution in [1.29, 1.82) is 0 Å². The maximum atomic E-state index is 12.9. The Bertz CT molecular complexity index is 5320. The molecule has 0 spiro atoms. The zero-order valence-electron chi connectivity index (χ0n) is 63.2. The number of aromatic nitrogens is 4. The van der Waals surface area contributed by atoms with Gasteiger partial charge in [-0.25, -0.2) is 24.0 Å². The lowest BCUT2D eigenvalue weighted by atomic mass is 9.87. The summed E-state index contributed by atoms with van der Waals surface area (Å²) in [5.41, 5.74) is 21.8. The third kappa shape index (κ3) is 18.8. The number of amides is 1. The summed E-state index contributed by atoms with van der Waals surface area (Å²) in [6.07, 6.45) is 5.72. The lowest BCUT2D eigenvalue weighted by Gasteiger charge is -2.40. The number of fused-ring (bicyclic) bond motifs is 10. The summed E-state index contributed by atoms with van der Waals surface area (Å²) in [5, 5.41) is 11.1. The molecule has 15 rings (SSSR count). The number of aldehydes is 1. The van der Waals surface area contributed by atoms with E-state index in [2.05, 4.69) is 58.8 Å². The van der Waals surface area contributed by atoms with Gasteiger partial charge in [-0.1, -0.05) is 143 Å². The van der Waals surface area contributed by atoms with E-state index in [1.165, 1.54) is 67.9 Å². The van der Waals surface area contributed by atoms with Crippen LogP contribution in [-0.4, -0.2) is 166 Å². The van der Waals surface area contributed by atoms with Gasteiger partial charge in [0.25, 0.3) is 0 Å². The Kier molecular flexibility index (Phi) is 29.0. The summed E-state index contributed by atoms with van der Waals surface area (Å²) in [7, 11) is 10.8. The molecule has 7 heterocycles. The summed E-state index contributed by atoms with van der Waals surface area (Å²) in [6.45, 7) is 3.62. The number of ether oxygens (including phenoxy) is 8. The van der Waals surface area contributed by atoms with Gasteiger partial charge in [-0.05, 0) is 118 Å². The number of nitrogens with two attached hydrogens (primary N) is 1. The quantitative estimate of drug-likeness (QED) is 0.0217. The van der Waals surface area contributed by atoms with E-state index in [1.807, 2.05) is 115 Å². The maximum absolute atomic E-state index is 12.9. The van der Waals surface area contributed by atoms with Crippen molar-refractivity contribution in [3.8, 4) is 0 Å². The average molecular weight is 1560 g/mol. The van der Waals surface area contributed by atoms with Crippen LogP contribution in [0.5, 0.6) is 0 Å². The van der Waals surface area contributed by atoms with E-state index in [9.17, 15) is 47.9 Å². The fraction of sp³-hybridized carbons (Fsp3) is 0.236. The fourth-order valence-corrected chi connectivity index (χ4v) is 14.3. The van der Waals surface area contributed by atoms with Crippen LogP contribution < -0.4 is 16.4 Å². The first kappa shape index (κ1) is 85.4. The average Bonchev–Trinajstić information content (AvgIpc) is 1.63. The molecule has 3 aliphatic rings. The van der Waals surface area contributed by atoms with Crippen LogP contribution in [-0.2, 0) is 87.6 Å². The first-order chi connectivity index (χ1) is 54.7. The van der Waals surface area contributed by atoms with Crippen molar-refractivity contribution in [2.45, 2.75) is 82.8 Å². The molecule has 0 aliphatic carbocycles. The molecule has 8 aromatic carbocycles. The molecule has 8 N–H and O–H groups in total. The third-order valence-corrected chi connectivity index (χ3v) is 19.9. The topological polar surface area (TPSA) is 361 Å². The van der Waals surface area contributed by atoms with Gasteiger partial charge in [0.2, 0.25) is 5.91 Å². The van der Waals surface area contributed by atoms with Gasteiger partial charge < -0.3 is 68.5 Å². The zero-order chi connectivity index (χ0) is 80.6. The molecule has 7 atom stereocenters. The smallest absolute Gasteiger partial charge is 0.337 e. The van der Waals surface area contributed by atoms with Crippen molar-refractivity contribution < 1.29 is 85.8 Å². The monoisotopic (exact) mass is 1560 g/mol. The first-order valence-electron chi connectivity index (χ1n) is 35.8. The van der Waals surface area contributed by atoms with Gasteiger partial charge in [0.15, 0.2) is 0 Å². The minimum Gasteiger partial charge on any atom is -0.468 e. The summed E-state index contributed by atoms with van der Waals surface area (Å²) in [5.74, 6) is -3.45. The summed E-state index contributed by atoms with van der Waals surface area (Å²) >= 11 is 0. The summed E-state index contributed by atoms with van der Waals surface area (Å²) in [6, 6.07) is 56.0. The molecule has 3 aliphatic heterocycles. The highest BCUT2D eigenvalue weighted by molar-refractivity contribution is 5.97. The highest BCUT2D eigenvalue weighted by Crippen LogP contribution is 2.43. The van der Waals surface area contributed by atoms with Crippen molar-refractivity contribution in [2.75, 3.05) is 56.9 Å². The van der Waals surface area contributed by atoms with Crippen LogP contribution in [0.3, 0.4) is 0 Å². The predicted octanol–water partition coefficient (Wildman–Crippen LogP) is 12.4. The molecule has 1 amide bonds. The SMILES string of the molecule is C.C.C=CC(=O)N1C(C(=O)OC)Cc2c([nH]c3ccccc23)C1c1ccc(C(=O)OC)cc1.COC(=O)C(N)Cc1c[nH]c2ccccc12.COC(=O)c1ccc(C2NC(C(=O)OC)Cc3c2[nH]c2ccccc32)cc1.COC(=O)c1ccc(C2NC(C(=O)OC)Cc3c2[nH]c2ccccc32)cc1.COC(=O)c1ccc(C=O)cc1. The Morgan fingerprint density at radius 3 is 1.17 bits per heavy atom. The number of para-hydroxylation sites is 4. The van der Waals surface area contributed by atoms with Crippen molar-refractivity contribution >= 4 is 104 Å². The van der Waals surface area contributed by atoms with Gasteiger partial charge >= 0.3 is 47.8 Å². The van der Waals surface area contributed by atoms with Gasteiger partial charge in [0.1, 0.15) is 30.5 Å². The van der Waals surface area contributed by atoms with E-state index in [0.29, 0.717) is 53.5 Å². The molecule has 0 fully saturated rings. The third-order valence-electron chi connectivity index (χ3n) is 19.9. The zero-order valence-corrected chi connectivity index (χ0v) is 63.2. The Hall–Kier alpha value is -13.6. The van der Waals surface area contributed by atoms with Gasteiger partial charge in [0, 0.05) is 98.1 Å². The Labute approximate surface area is 663 Å². The molecular formula is C89H92N8O18. The van der Waals surface area contributed by atoms with E-state index >= 15 is 0 Å². The molecule has 0 bridgehead atoms. The largest absolute Gasteiger partial charge is 0.468 e. The van der Waals surface area contributed by atoms with Crippen molar-refractivity contribution in [2.24, 2.45) is 5.73 Å². The number of nitrogens with one attached hydrogen (secondary N) is 6. The predicted molar refractivity (Wildman–Crippen MR) is 434 cm³/mol. The molecule has 0 radical (unpaired) electrons. The number of rotatable bonds is 15. The fourth-order valence-electron chi connectivity index (χ4n) is 14.3. The minimum atomic E-state index is -0.813. The number of carbonyl (C=O) groups is 10. The van der Waals surface area contributed by atoms with E-state index in [1.54, 1.807) is 72.8 Å². The molecule has 4 aromatic heterocycles. The molecule has 596 valence electrons. The van der Waals surface area contributed by atoms with Crippen molar-refractivity contribution in [1.82, 2.24) is 35.5 Å². The highest BCUT2D eigenvalue weighted by Gasteiger charge is 2.44. The number of H-pyrrole nitrogens is 4. The van der Waals surface area contributed by atoms with Gasteiger partial charge in [-0.15, -0.1) is 0 Å². The number of hydrogen-bond donors (Lipinski definition) is 7. The second-order valence-electron chi connectivity index (χ2n) is 26.3. The lowest BCUT2D eigenvalue weighted by Crippen LogP contribution is -2.51. The molecule has 26 nitrogen and oxygen atoms in total. The number of benzene rings is 8. The molecule has 0 saturated heterocycles. The first-order valence-corrected chi connectivity index (χ1v) is 35.8. The Morgan fingerprint density at radius 2 is 0.791 bits per heavy atom. The van der Waals surface area contributed by atoms with Crippen LogP contribution >= 0.6 is 0 Å². The summed E-state index contributed by atoms with van der Waals surface area (Å²) < 4.78 is 38.3. The van der Waals surface area contributed by atoms with Crippen molar-refractivity contribution in [3.05, 3.63) is 297 Å². The second-order valence-corrected chi connectivity index (χ2v) is 26.3. The van der Waals surface area contributed by atoms with E-state index in [0.717, 1.165) is 106 Å². The molecular weight excluding hydrogens is 1470 g/mol. The van der Waals surface area contributed by atoms with Crippen molar-refractivity contribution in [3.63, 3.8) is 0 Å². The van der Waals surface area contributed by atoms with E-state index in [-0.39, 0.29) is 62.7 Å². The van der Waals surface area contributed by atoms with Gasteiger partial charge in [-0.2, -0.15) is 0 Å². The molecule has 7 unspecified atom stereocenters. The van der Waals surface area contributed by atoms with E-state index in [4.69, 9.17) is 34.2 Å². The number of carbonyl (C=O) groups excluding carboxylic acids is 10. The summed E-state index contributed by atoms with van der Waals surface area (Å²) in [4.78, 5) is 133. The Morgan fingerprint density at radius 1 is 0.435 bits per heavy atom. The van der Waals surface area contributed by atoms with E-state index < -0.39 is 48.1 Å². The second kappa shape index (κ2) is 39.1. The van der Waals surface area contributed by atoms with Gasteiger partial charge in [0.05, 0.1) is 97.3 Å². The number of nitrogens with zero attached hydrogens (tertiary/aromatic N) is 1. The lowest BCUT2D eigenvalue weighted by molar-refractivity contribution is -0.153. The Balaban J connectivity index is 0.000000169. The number of hydrogen-bond acceptors (Lipinski definition) is 21. The number of aromatic amines is 4. The van der Waals surface area contributed by atoms with Crippen LogP contribution in [0.2, 0.25) is 0 Å². The highest BCUT2D eigenvalue weighted by atomic mass is 16.5. The minimum absolute atomic E-state index is 0. The normalized spacial score (nSPS) is 16.3. The molecule has 26 heteroatoms. The maximum Gasteiger partial charge on any atom is 0.337 e. The van der Waals surface area contributed by atoms with Gasteiger partial charge in [-0.3, -0.25) is 34.6 Å². The number of esters is 8. The standard InChI is InChI=1S/C24H22N2O5.2C21H20N2O4.C12H14N2O2.C9H8O3.2CH4/c1-4-20(27)26-19(24(29)31-3)13-17-16-7-5-6-8-18(16)25-21(17)22(26)14-9-11-15(12-10-14)23(28)30-2;2*1-26-20(24)13-9-7-12(8-10-13)18-19-15(11-17(23-18)21(25)27-2)14-5-3-4-6-16(14)22-19;1-16-12(15)10(13)6-8-7-14-11-5-3-2-4-9(8)11;1-12-9(11)8-4-2-7(6-10)3-5-8;;/h4-12,19,22,25H,1,13H2,2-3H3;2*3-10,17-18,22-23H,11H2,1-2H3;2-5,7,10,14H,6,13H2,1H3;2-6H,1H3;2*1H4.